The Labute approximate surface area is 205 Å². The molecule has 0 saturated heterocycles. The molecular formula is C26H28N2O6S. The third-order valence-corrected chi connectivity index (χ3v) is 7.26. The van der Waals surface area contributed by atoms with Crippen molar-refractivity contribution in [3.8, 4) is 5.75 Å². The number of nitrogens with one attached hydrogen (secondary N) is 1. The summed E-state index contributed by atoms with van der Waals surface area (Å²) >= 11 is 0. The van der Waals surface area contributed by atoms with Gasteiger partial charge in [0.2, 0.25) is 0 Å². The molecule has 8 nitrogen and oxygen atoms in total. The van der Waals surface area contributed by atoms with Gasteiger partial charge < -0.3 is 14.8 Å². The molecule has 9 heteroatoms. The topological polar surface area (TPSA) is 102 Å². The van der Waals surface area contributed by atoms with Gasteiger partial charge in [-0.1, -0.05) is 30.3 Å². The van der Waals surface area contributed by atoms with Crippen molar-refractivity contribution in [3.63, 3.8) is 0 Å². The van der Waals surface area contributed by atoms with Gasteiger partial charge in [-0.05, 0) is 66.9 Å². The summed E-state index contributed by atoms with van der Waals surface area (Å²) in [6.07, 6.45) is 0.661. The van der Waals surface area contributed by atoms with Gasteiger partial charge in [-0.2, -0.15) is 0 Å². The highest BCUT2D eigenvalue weighted by Crippen LogP contribution is 2.25. The van der Waals surface area contributed by atoms with Gasteiger partial charge in [0, 0.05) is 13.6 Å². The molecule has 0 aromatic heterocycles. The maximum Gasteiger partial charge on any atom is 0.338 e. The Morgan fingerprint density at radius 2 is 1.69 bits per heavy atom. The van der Waals surface area contributed by atoms with Crippen LogP contribution in [0.1, 0.15) is 21.5 Å². The Morgan fingerprint density at radius 1 is 0.971 bits per heavy atom. The number of anilines is 1. The molecule has 3 rings (SSSR count). The molecular weight excluding hydrogens is 468 g/mol. The zero-order chi connectivity index (χ0) is 25.4. The lowest BCUT2D eigenvalue weighted by Gasteiger charge is -2.20. The molecule has 0 fully saturated rings. The first kappa shape index (κ1) is 25.8. The molecule has 0 aliphatic rings. The number of rotatable bonds is 10. The van der Waals surface area contributed by atoms with Gasteiger partial charge in [0.05, 0.1) is 23.3 Å². The highest BCUT2D eigenvalue weighted by atomic mass is 32.2. The second kappa shape index (κ2) is 11.5. The minimum Gasteiger partial charge on any atom is -0.497 e. The number of aryl methyl sites for hydroxylation is 1. The molecule has 0 unspecified atom stereocenters. The number of hydrogen-bond donors (Lipinski definition) is 1. The Morgan fingerprint density at radius 3 is 2.37 bits per heavy atom. The van der Waals surface area contributed by atoms with Crippen LogP contribution in [0.15, 0.2) is 77.7 Å². The quantitative estimate of drug-likeness (QED) is 0.432. The van der Waals surface area contributed by atoms with Crippen molar-refractivity contribution in [2.45, 2.75) is 18.2 Å². The van der Waals surface area contributed by atoms with Gasteiger partial charge in [0.1, 0.15) is 5.75 Å². The molecule has 3 aromatic rings. The van der Waals surface area contributed by atoms with Crippen molar-refractivity contribution >= 4 is 27.6 Å². The zero-order valence-electron chi connectivity index (χ0n) is 19.9. The first-order valence-electron chi connectivity index (χ1n) is 10.9. The average molecular weight is 497 g/mol. The average Bonchev–Trinajstić information content (AvgIpc) is 2.88. The SMILES string of the molecule is COc1ccc(N(C)S(=O)(=O)c2cccc(C(=O)OCC(=O)NCCc3ccccc3C)c2)cc1. The standard InChI is InChI=1S/C26H28N2O6S/c1-19-7-4-5-8-20(19)15-16-27-25(29)18-34-26(30)21-9-6-10-24(17-21)35(31,32)28(2)22-11-13-23(33-3)14-12-22/h4-14,17H,15-16,18H2,1-3H3,(H,27,29). The molecule has 184 valence electrons. The largest absolute Gasteiger partial charge is 0.497 e. The Balaban J connectivity index is 1.58. The van der Waals surface area contributed by atoms with Crippen LogP contribution in [0.5, 0.6) is 5.75 Å². The van der Waals surface area contributed by atoms with Gasteiger partial charge in [-0.25, -0.2) is 13.2 Å². The third-order valence-electron chi connectivity index (χ3n) is 5.48. The summed E-state index contributed by atoms with van der Waals surface area (Å²) < 4.78 is 37.4. The molecule has 35 heavy (non-hydrogen) atoms. The smallest absolute Gasteiger partial charge is 0.338 e. The van der Waals surface area contributed by atoms with Crippen molar-refractivity contribution in [1.82, 2.24) is 5.32 Å². The third kappa shape index (κ3) is 6.60. The van der Waals surface area contributed by atoms with E-state index in [-0.39, 0.29) is 10.5 Å². The van der Waals surface area contributed by atoms with Crippen LogP contribution in [0.3, 0.4) is 0 Å². The number of amides is 1. The number of hydrogen-bond acceptors (Lipinski definition) is 6. The number of ether oxygens (including phenoxy) is 2. The summed E-state index contributed by atoms with van der Waals surface area (Å²) in [6.45, 7) is 1.95. The molecule has 0 atom stereocenters. The lowest BCUT2D eigenvalue weighted by atomic mass is 10.1. The minimum absolute atomic E-state index is 0.0296. The fraction of sp³-hybridized carbons (Fsp3) is 0.231. The van der Waals surface area contributed by atoms with E-state index in [1.165, 1.54) is 38.4 Å². The van der Waals surface area contributed by atoms with Crippen LogP contribution in [-0.4, -0.2) is 47.6 Å². The summed E-state index contributed by atoms with van der Waals surface area (Å²) in [5.41, 5.74) is 2.73. The fourth-order valence-corrected chi connectivity index (χ4v) is 4.61. The van der Waals surface area contributed by atoms with E-state index in [0.29, 0.717) is 24.4 Å². The van der Waals surface area contributed by atoms with E-state index in [1.54, 1.807) is 24.3 Å². The van der Waals surface area contributed by atoms with Crippen LogP contribution in [0.2, 0.25) is 0 Å². The van der Waals surface area contributed by atoms with E-state index in [9.17, 15) is 18.0 Å². The van der Waals surface area contributed by atoms with Crippen molar-refractivity contribution in [3.05, 3.63) is 89.5 Å². The van der Waals surface area contributed by atoms with E-state index < -0.39 is 28.5 Å². The van der Waals surface area contributed by atoms with E-state index in [4.69, 9.17) is 9.47 Å². The van der Waals surface area contributed by atoms with Crippen molar-refractivity contribution < 1.29 is 27.5 Å². The molecule has 0 radical (unpaired) electrons. The number of benzene rings is 3. The van der Waals surface area contributed by atoms with Gasteiger partial charge in [0.15, 0.2) is 6.61 Å². The minimum atomic E-state index is -3.94. The van der Waals surface area contributed by atoms with Gasteiger partial charge in [0.25, 0.3) is 15.9 Å². The summed E-state index contributed by atoms with van der Waals surface area (Å²) in [5, 5.41) is 2.71. The second-order valence-corrected chi connectivity index (χ2v) is 9.77. The molecule has 1 N–H and O–H groups in total. The highest BCUT2D eigenvalue weighted by Gasteiger charge is 2.23. The van der Waals surface area contributed by atoms with E-state index in [1.807, 2.05) is 31.2 Å². The number of sulfonamides is 1. The van der Waals surface area contributed by atoms with Gasteiger partial charge in [-0.15, -0.1) is 0 Å². The number of carbonyl (C=O) groups is 2. The first-order chi connectivity index (χ1) is 16.7. The van der Waals surface area contributed by atoms with Crippen LogP contribution in [0.4, 0.5) is 5.69 Å². The monoisotopic (exact) mass is 496 g/mol. The van der Waals surface area contributed by atoms with E-state index in [2.05, 4.69) is 5.32 Å². The predicted molar refractivity (Wildman–Crippen MR) is 133 cm³/mol. The van der Waals surface area contributed by atoms with Crippen LogP contribution in [0, 0.1) is 6.92 Å². The second-order valence-electron chi connectivity index (χ2n) is 7.80. The zero-order valence-corrected chi connectivity index (χ0v) is 20.7. The Bertz CT molecular complexity index is 1290. The van der Waals surface area contributed by atoms with Crippen molar-refractivity contribution in [1.29, 1.82) is 0 Å². The molecule has 0 aliphatic heterocycles. The summed E-state index contributed by atoms with van der Waals surface area (Å²) in [4.78, 5) is 24.5. The molecule has 0 heterocycles. The molecule has 3 aromatic carbocycles. The normalized spacial score (nSPS) is 10.9. The maximum atomic E-state index is 13.1. The Hall–Kier alpha value is -3.85. The summed E-state index contributed by atoms with van der Waals surface area (Å²) in [7, 11) is -0.992. The van der Waals surface area contributed by atoms with E-state index >= 15 is 0 Å². The summed E-state index contributed by atoms with van der Waals surface area (Å²) in [5.74, 6) is -0.623. The predicted octanol–water partition coefficient (Wildman–Crippen LogP) is 3.34. The molecule has 0 saturated carbocycles. The molecule has 0 bridgehead atoms. The van der Waals surface area contributed by atoms with Crippen molar-refractivity contribution in [2.75, 3.05) is 31.6 Å². The van der Waals surface area contributed by atoms with Crippen LogP contribution in [0.25, 0.3) is 0 Å². The maximum absolute atomic E-state index is 13.1. The lowest BCUT2D eigenvalue weighted by molar-refractivity contribution is -0.124. The number of methoxy groups -OCH3 is 1. The number of nitrogens with zero attached hydrogens (tertiary/aromatic N) is 1. The van der Waals surface area contributed by atoms with Crippen molar-refractivity contribution in [2.24, 2.45) is 0 Å². The van der Waals surface area contributed by atoms with Crippen LogP contribution < -0.4 is 14.4 Å². The van der Waals surface area contributed by atoms with Gasteiger partial charge in [-0.3, -0.25) is 9.10 Å². The highest BCUT2D eigenvalue weighted by molar-refractivity contribution is 7.92. The van der Waals surface area contributed by atoms with E-state index in [0.717, 1.165) is 15.4 Å². The molecule has 0 aliphatic carbocycles. The summed E-state index contributed by atoms with van der Waals surface area (Å²) in [6, 6.07) is 19.9. The lowest BCUT2D eigenvalue weighted by Crippen LogP contribution is -2.30. The number of carbonyl (C=O) groups excluding carboxylic acids is 2. The fourth-order valence-electron chi connectivity index (χ4n) is 3.37. The van der Waals surface area contributed by atoms with Crippen LogP contribution >= 0.6 is 0 Å². The molecule has 1 amide bonds. The number of esters is 1. The van der Waals surface area contributed by atoms with Gasteiger partial charge >= 0.3 is 5.97 Å². The van der Waals surface area contributed by atoms with Crippen LogP contribution in [-0.2, 0) is 26.0 Å². The first-order valence-corrected chi connectivity index (χ1v) is 12.4. The molecule has 0 spiro atoms. The Kier molecular flexibility index (Phi) is 8.48.